The maximum Gasteiger partial charge on any atom is 0.363 e. The standard InChI is InChI=1S/C35H38N3O7.CH4O3S/c1-21(2)30-31-22(3)28(32(36(31)33(30)39)35(41)45-34(40)23-13-15-25(16-14-23)37(42)43)20-44-29-12-8-10-26-24(9-7-11-27(26)29)19-38(4)17-5-6-18-38;1-5(2,3)4/h7-16,21-22,30-31H,5-6,17-20H2,1-4H3;1H3,(H,2,3,4)/q+1;/p-1/t22-,30+,31+;/m0./s1. The molecule has 14 heteroatoms. The van der Waals surface area contributed by atoms with Gasteiger partial charge in [-0.2, -0.15) is 0 Å². The molecule has 3 aromatic carbocycles. The van der Waals surface area contributed by atoms with Gasteiger partial charge in [-0.3, -0.25) is 14.9 Å². The number of nitro groups is 1. The van der Waals surface area contributed by atoms with Crippen LogP contribution in [0, 0.1) is 27.9 Å². The molecule has 266 valence electrons. The van der Waals surface area contributed by atoms with E-state index >= 15 is 0 Å². The fourth-order valence-electron chi connectivity index (χ4n) is 7.36. The largest absolute Gasteiger partial charge is 0.748 e. The van der Waals surface area contributed by atoms with Crippen LogP contribution in [0.3, 0.4) is 0 Å². The fourth-order valence-corrected chi connectivity index (χ4v) is 7.36. The number of ether oxygens (including phenoxy) is 2. The number of non-ortho nitro benzene ring substituents is 1. The van der Waals surface area contributed by atoms with Gasteiger partial charge in [-0.25, -0.2) is 18.0 Å². The first-order chi connectivity index (χ1) is 23.5. The smallest absolute Gasteiger partial charge is 0.363 e. The molecule has 0 N–H and O–H groups in total. The molecule has 3 aliphatic heterocycles. The number of nitrogens with zero attached hydrogens (tertiary/aromatic N) is 3. The summed E-state index contributed by atoms with van der Waals surface area (Å²) in [4.78, 5) is 51.6. The molecule has 0 aromatic heterocycles. The SMILES string of the molecule is CC(C)[C@H]1C(=O)N2C(C(=O)OC(=O)c3ccc([N+](=O)[O-])cc3)=C(COc3cccc4c(C[N+]5(C)CCCC5)cccc34)[C@H](C)[C@H]12.CS(=O)(=O)[O-]. The minimum atomic E-state index is -3.92. The number of rotatable bonds is 9. The number of carbonyl (C=O) groups excluding carboxylic acids is 3. The normalized spacial score (nSPS) is 21.0. The number of hydrogen-bond donors (Lipinski definition) is 0. The average molecular weight is 708 g/mol. The molecule has 0 unspecified atom stereocenters. The van der Waals surface area contributed by atoms with Crippen LogP contribution in [0.1, 0.15) is 49.5 Å². The summed E-state index contributed by atoms with van der Waals surface area (Å²) in [5.41, 5.74) is 1.70. The summed E-state index contributed by atoms with van der Waals surface area (Å²) in [6.45, 7) is 9.25. The van der Waals surface area contributed by atoms with Crippen molar-refractivity contribution < 1.29 is 46.2 Å². The van der Waals surface area contributed by atoms with E-state index in [0.29, 0.717) is 17.6 Å². The molecule has 50 heavy (non-hydrogen) atoms. The van der Waals surface area contributed by atoms with Gasteiger partial charge >= 0.3 is 11.9 Å². The van der Waals surface area contributed by atoms with E-state index < -0.39 is 27.0 Å². The first-order valence-corrected chi connectivity index (χ1v) is 18.3. The first-order valence-electron chi connectivity index (χ1n) is 16.4. The van der Waals surface area contributed by atoms with Crippen LogP contribution in [0.25, 0.3) is 10.8 Å². The van der Waals surface area contributed by atoms with Crippen LogP contribution in [-0.4, -0.2) is 84.2 Å². The Kier molecular flexibility index (Phi) is 10.5. The highest BCUT2D eigenvalue weighted by atomic mass is 32.2. The fraction of sp³-hybridized carbons (Fsp3) is 0.417. The molecule has 0 aliphatic carbocycles. The highest BCUT2D eigenvalue weighted by molar-refractivity contribution is 7.84. The van der Waals surface area contributed by atoms with E-state index in [1.807, 2.05) is 39.0 Å². The lowest BCUT2D eigenvalue weighted by Gasteiger charge is -2.47. The quantitative estimate of drug-likeness (QED) is 0.0572. The van der Waals surface area contributed by atoms with Crippen LogP contribution in [-0.2, 0) is 31.0 Å². The third-order valence-corrected chi connectivity index (χ3v) is 9.76. The summed E-state index contributed by atoms with van der Waals surface area (Å²) in [6, 6.07) is 16.8. The number of carbonyl (C=O) groups is 3. The van der Waals surface area contributed by atoms with Gasteiger partial charge in [-0.1, -0.05) is 51.1 Å². The molecule has 3 aliphatic rings. The van der Waals surface area contributed by atoms with E-state index in [9.17, 15) is 24.5 Å². The van der Waals surface area contributed by atoms with Crippen LogP contribution in [0.15, 0.2) is 71.9 Å². The van der Waals surface area contributed by atoms with Crippen LogP contribution in [0.2, 0.25) is 0 Å². The molecule has 1 amide bonds. The Morgan fingerprint density at radius 2 is 1.60 bits per heavy atom. The van der Waals surface area contributed by atoms with Gasteiger partial charge in [0, 0.05) is 53.7 Å². The summed E-state index contributed by atoms with van der Waals surface area (Å²) in [5, 5.41) is 13.1. The zero-order chi connectivity index (χ0) is 36.5. The zero-order valence-corrected chi connectivity index (χ0v) is 29.5. The van der Waals surface area contributed by atoms with E-state index in [0.717, 1.165) is 34.9 Å². The van der Waals surface area contributed by atoms with Gasteiger partial charge in [-0.05, 0) is 29.5 Å². The molecule has 2 fully saturated rings. The number of hydrogen-bond acceptors (Lipinski definition) is 10. The minimum absolute atomic E-state index is 0.0124. The predicted molar refractivity (Wildman–Crippen MR) is 183 cm³/mol. The van der Waals surface area contributed by atoms with E-state index in [4.69, 9.17) is 22.4 Å². The molecule has 3 heterocycles. The Hall–Kier alpha value is -4.66. The highest BCUT2D eigenvalue weighted by Crippen LogP contribution is 2.49. The molecule has 13 nitrogen and oxygen atoms in total. The Labute approximate surface area is 290 Å². The van der Waals surface area contributed by atoms with Gasteiger partial charge in [0.1, 0.15) is 24.6 Å². The molecule has 3 aromatic rings. The third-order valence-electron chi connectivity index (χ3n) is 9.76. The van der Waals surface area contributed by atoms with Crippen molar-refractivity contribution in [2.45, 2.75) is 46.2 Å². The third kappa shape index (κ3) is 7.72. The van der Waals surface area contributed by atoms with Crippen molar-refractivity contribution in [3.8, 4) is 5.75 Å². The molecular weight excluding hydrogens is 666 g/mol. The van der Waals surface area contributed by atoms with Crippen LogP contribution < -0.4 is 4.74 Å². The molecule has 6 rings (SSSR count). The van der Waals surface area contributed by atoms with Crippen molar-refractivity contribution in [2.75, 3.05) is 33.0 Å². The van der Waals surface area contributed by atoms with E-state index in [-0.39, 0.29) is 53.3 Å². The molecule has 0 radical (unpaired) electrons. The monoisotopic (exact) mass is 707 g/mol. The molecule has 0 saturated carbocycles. The highest BCUT2D eigenvalue weighted by Gasteiger charge is 2.59. The summed E-state index contributed by atoms with van der Waals surface area (Å²) < 4.78 is 39.9. The van der Waals surface area contributed by atoms with E-state index in [1.165, 1.54) is 47.6 Å². The van der Waals surface area contributed by atoms with Crippen molar-refractivity contribution in [2.24, 2.45) is 17.8 Å². The van der Waals surface area contributed by atoms with Gasteiger partial charge in [0.15, 0.2) is 0 Å². The number of likely N-dealkylation sites (tertiary alicyclic amines) is 1. The second-order valence-corrected chi connectivity index (χ2v) is 15.2. The number of amides is 1. The van der Waals surface area contributed by atoms with Gasteiger partial charge in [0.05, 0.1) is 52.7 Å². The van der Waals surface area contributed by atoms with Crippen LogP contribution in [0.5, 0.6) is 5.75 Å². The molecule has 3 atom stereocenters. The van der Waals surface area contributed by atoms with Gasteiger partial charge in [0.25, 0.3) is 5.69 Å². The summed E-state index contributed by atoms with van der Waals surface area (Å²) in [5.74, 6) is -1.79. The average Bonchev–Trinajstić information content (AvgIpc) is 3.57. The first kappa shape index (κ1) is 36.6. The van der Waals surface area contributed by atoms with Gasteiger partial charge in [0.2, 0.25) is 5.91 Å². The Bertz CT molecular complexity index is 1960. The number of β-lactam (4-membered cyclic amide) rings is 1. The van der Waals surface area contributed by atoms with Crippen LogP contribution in [0.4, 0.5) is 5.69 Å². The van der Waals surface area contributed by atoms with Crippen LogP contribution >= 0.6 is 0 Å². The molecular formula is C36H41N3O10S. The number of esters is 2. The Balaban J connectivity index is 0.000000908. The number of nitro benzene ring substituents is 1. The number of quaternary nitrogens is 1. The van der Waals surface area contributed by atoms with Crippen molar-refractivity contribution in [1.29, 1.82) is 0 Å². The summed E-state index contributed by atoms with van der Waals surface area (Å²) >= 11 is 0. The van der Waals surface area contributed by atoms with Gasteiger partial charge < -0.3 is 23.4 Å². The number of fused-ring (bicyclic) bond motifs is 2. The van der Waals surface area contributed by atoms with Crippen molar-refractivity contribution >= 4 is 44.4 Å². The second kappa shape index (κ2) is 14.3. The maximum atomic E-state index is 13.6. The Morgan fingerprint density at radius 3 is 2.20 bits per heavy atom. The topological polar surface area (TPSA) is 173 Å². The number of benzene rings is 3. The van der Waals surface area contributed by atoms with Crippen molar-refractivity contribution in [3.05, 3.63) is 93.2 Å². The second-order valence-electron chi connectivity index (χ2n) is 13.8. The summed E-state index contributed by atoms with van der Waals surface area (Å²) in [7, 11) is -1.61. The molecule has 0 bridgehead atoms. The van der Waals surface area contributed by atoms with E-state index in [2.05, 4.69) is 25.2 Å². The summed E-state index contributed by atoms with van der Waals surface area (Å²) in [6.07, 6.45) is 3.09. The molecule has 0 spiro atoms. The predicted octanol–water partition coefficient (Wildman–Crippen LogP) is 4.80. The van der Waals surface area contributed by atoms with Crippen molar-refractivity contribution in [3.63, 3.8) is 0 Å². The lowest BCUT2D eigenvalue weighted by molar-refractivity contribution is -0.910. The zero-order valence-electron chi connectivity index (χ0n) is 28.7. The van der Waals surface area contributed by atoms with Gasteiger partial charge in [-0.15, -0.1) is 0 Å². The lowest BCUT2D eigenvalue weighted by atomic mass is 9.74. The van der Waals surface area contributed by atoms with E-state index in [1.54, 1.807) is 0 Å². The van der Waals surface area contributed by atoms with Crippen molar-refractivity contribution in [1.82, 2.24) is 4.90 Å². The Morgan fingerprint density at radius 1 is 1.00 bits per heavy atom. The maximum absolute atomic E-state index is 13.6. The minimum Gasteiger partial charge on any atom is -0.748 e. The lowest BCUT2D eigenvalue weighted by Crippen LogP contribution is -2.62. The molecule has 2 saturated heterocycles.